The monoisotopic (exact) mass is 332 g/mol. The van der Waals surface area contributed by atoms with Crippen LogP contribution in [0, 0.1) is 0 Å². The molecule has 2 aromatic heterocycles. The molecule has 3 rings (SSSR count). The highest BCUT2D eigenvalue weighted by atomic mass is 16.5. The Labute approximate surface area is 139 Å². The standard InChI is InChI=1S/C15H20N6O3/c22-14(23)13(5-12-9-16-10-20-12)17-6-11-7-18-15(19-8-11)21-1-3-24-4-2-21/h7-10,13,17H,1-6H2,(H,16,20)(H,22,23)/t13-/m1/s1. The van der Waals surface area contributed by atoms with E-state index in [1.165, 1.54) is 6.33 Å². The molecule has 1 fully saturated rings. The topological polar surface area (TPSA) is 116 Å². The molecule has 1 aliphatic rings. The number of nitrogens with zero attached hydrogens (tertiary/aromatic N) is 4. The highest BCUT2D eigenvalue weighted by Crippen LogP contribution is 2.09. The predicted molar refractivity (Wildman–Crippen MR) is 85.6 cm³/mol. The van der Waals surface area contributed by atoms with Crippen molar-refractivity contribution in [1.82, 2.24) is 25.3 Å². The molecule has 3 N–H and O–H groups in total. The second-order valence-electron chi connectivity index (χ2n) is 5.54. The van der Waals surface area contributed by atoms with E-state index in [-0.39, 0.29) is 0 Å². The Hall–Kier alpha value is -2.52. The average molecular weight is 332 g/mol. The van der Waals surface area contributed by atoms with Gasteiger partial charge in [0.15, 0.2) is 0 Å². The summed E-state index contributed by atoms with van der Waals surface area (Å²) in [5, 5.41) is 12.3. The number of carbonyl (C=O) groups is 1. The van der Waals surface area contributed by atoms with E-state index in [4.69, 9.17) is 4.74 Å². The summed E-state index contributed by atoms with van der Waals surface area (Å²) in [5.41, 5.74) is 1.61. The molecule has 9 nitrogen and oxygen atoms in total. The van der Waals surface area contributed by atoms with Gasteiger partial charge in [-0.25, -0.2) is 15.0 Å². The predicted octanol–water partition coefficient (Wildman–Crippen LogP) is -0.178. The molecule has 0 radical (unpaired) electrons. The minimum absolute atomic E-state index is 0.335. The molecule has 0 bridgehead atoms. The van der Waals surface area contributed by atoms with Gasteiger partial charge in [0, 0.05) is 55.9 Å². The van der Waals surface area contributed by atoms with Gasteiger partial charge in [-0.15, -0.1) is 0 Å². The minimum Gasteiger partial charge on any atom is -0.480 e. The van der Waals surface area contributed by atoms with Gasteiger partial charge in [-0.3, -0.25) is 10.1 Å². The van der Waals surface area contributed by atoms with E-state index < -0.39 is 12.0 Å². The number of anilines is 1. The summed E-state index contributed by atoms with van der Waals surface area (Å²) in [7, 11) is 0. The van der Waals surface area contributed by atoms with Crippen LogP contribution in [0.5, 0.6) is 0 Å². The Morgan fingerprint density at radius 3 is 2.71 bits per heavy atom. The Kier molecular flexibility index (Phi) is 5.34. The van der Waals surface area contributed by atoms with Crippen molar-refractivity contribution in [3.63, 3.8) is 0 Å². The smallest absolute Gasteiger partial charge is 0.321 e. The van der Waals surface area contributed by atoms with Gasteiger partial charge in [-0.05, 0) is 0 Å². The lowest BCUT2D eigenvalue weighted by atomic mass is 10.1. The van der Waals surface area contributed by atoms with Crippen LogP contribution in [0.2, 0.25) is 0 Å². The first-order chi connectivity index (χ1) is 11.7. The van der Waals surface area contributed by atoms with E-state index in [9.17, 15) is 9.90 Å². The summed E-state index contributed by atoms with van der Waals surface area (Å²) < 4.78 is 5.31. The van der Waals surface area contributed by atoms with Crippen LogP contribution in [0.4, 0.5) is 5.95 Å². The summed E-state index contributed by atoms with van der Waals surface area (Å²) in [6, 6.07) is -0.704. The molecular weight excluding hydrogens is 312 g/mol. The largest absolute Gasteiger partial charge is 0.480 e. The molecule has 0 amide bonds. The highest BCUT2D eigenvalue weighted by Gasteiger charge is 2.18. The minimum atomic E-state index is -0.907. The van der Waals surface area contributed by atoms with Crippen LogP contribution in [-0.4, -0.2) is 63.4 Å². The molecule has 1 saturated heterocycles. The quantitative estimate of drug-likeness (QED) is 0.639. The maximum atomic E-state index is 11.4. The van der Waals surface area contributed by atoms with Crippen LogP contribution in [0.1, 0.15) is 11.3 Å². The SMILES string of the molecule is O=C(O)[C@@H](Cc1cnc[nH]1)NCc1cnc(N2CCOCC2)nc1. The van der Waals surface area contributed by atoms with Crippen LogP contribution in [0.15, 0.2) is 24.9 Å². The third-order valence-electron chi connectivity index (χ3n) is 3.82. The van der Waals surface area contributed by atoms with Gasteiger partial charge in [-0.2, -0.15) is 0 Å². The van der Waals surface area contributed by atoms with Crippen molar-refractivity contribution in [2.75, 3.05) is 31.2 Å². The molecule has 24 heavy (non-hydrogen) atoms. The van der Waals surface area contributed by atoms with Crippen LogP contribution in [-0.2, 0) is 22.5 Å². The lowest BCUT2D eigenvalue weighted by molar-refractivity contribution is -0.139. The van der Waals surface area contributed by atoms with Crippen molar-refractivity contribution in [3.8, 4) is 0 Å². The van der Waals surface area contributed by atoms with Crippen molar-refractivity contribution >= 4 is 11.9 Å². The second-order valence-corrected chi connectivity index (χ2v) is 5.54. The van der Waals surface area contributed by atoms with Gasteiger partial charge >= 0.3 is 5.97 Å². The van der Waals surface area contributed by atoms with E-state index >= 15 is 0 Å². The number of hydrogen-bond donors (Lipinski definition) is 3. The maximum Gasteiger partial charge on any atom is 0.321 e. The number of morpholine rings is 1. The number of aliphatic carboxylic acids is 1. The lowest BCUT2D eigenvalue weighted by Crippen LogP contribution is -2.38. The molecule has 128 valence electrons. The van der Waals surface area contributed by atoms with E-state index in [0.717, 1.165) is 24.3 Å². The van der Waals surface area contributed by atoms with Crippen LogP contribution < -0.4 is 10.2 Å². The van der Waals surface area contributed by atoms with Crippen molar-refractivity contribution in [2.45, 2.75) is 19.0 Å². The third kappa shape index (κ3) is 4.27. The third-order valence-corrected chi connectivity index (χ3v) is 3.82. The molecule has 0 spiro atoms. The van der Waals surface area contributed by atoms with Gasteiger partial charge in [0.1, 0.15) is 6.04 Å². The van der Waals surface area contributed by atoms with Crippen LogP contribution in [0.3, 0.4) is 0 Å². The Morgan fingerprint density at radius 2 is 2.08 bits per heavy atom. The van der Waals surface area contributed by atoms with E-state index in [1.54, 1.807) is 18.6 Å². The van der Waals surface area contributed by atoms with Crippen LogP contribution in [0.25, 0.3) is 0 Å². The van der Waals surface area contributed by atoms with Crippen molar-refractivity contribution in [1.29, 1.82) is 0 Å². The average Bonchev–Trinajstić information content (AvgIpc) is 3.13. The van der Waals surface area contributed by atoms with E-state index in [0.29, 0.717) is 32.1 Å². The number of aromatic nitrogens is 4. The molecule has 1 aliphatic heterocycles. The molecule has 0 aromatic carbocycles. The number of H-pyrrole nitrogens is 1. The number of carboxylic acid groups (broad SMARTS) is 1. The first kappa shape index (κ1) is 16.3. The zero-order chi connectivity index (χ0) is 16.8. The number of aromatic amines is 1. The van der Waals surface area contributed by atoms with Crippen molar-refractivity contribution < 1.29 is 14.6 Å². The Bertz CT molecular complexity index is 640. The van der Waals surface area contributed by atoms with Crippen molar-refractivity contribution in [3.05, 3.63) is 36.2 Å². The Balaban J connectivity index is 1.55. The van der Waals surface area contributed by atoms with Gasteiger partial charge < -0.3 is 19.7 Å². The number of rotatable bonds is 7. The Morgan fingerprint density at radius 1 is 1.33 bits per heavy atom. The highest BCUT2D eigenvalue weighted by molar-refractivity contribution is 5.73. The number of ether oxygens (including phenoxy) is 1. The summed E-state index contributed by atoms with van der Waals surface area (Å²) in [5.74, 6) is -0.232. The van der Waals surface area contributed by atoms with Crippen molar-refractivity contribution in [2.24, 2.45) is 0 Å². The fourth-order valence-corrected chi connectivity index (χ4v) is 2.47. The normalized spacial score (nSPS) is 16.1. The molecule has 3 heterocycles. The maximum absolute atomic E-state index is 11.4. The van der Waals surface area contributed by atoms with Gasteiger partial charge in [0.2, 0.25) is 5.95 Å². The van der Waals surface area contributed by atoms with Crippen LogP contribution >= 0.6 is 0 Å². The molecular formula is C15H20N6O3. The van der Waals surface area contributed by atoms with E-state index in [2.05, 4.69) is 30.2 Å². The fraction of sp³-hybridized carbons (Fsp3) is 0.467. The lowest BCUT2D eigenvalue weighted by Gasteiger charge is -2.26. The molecule has 2 aromatic rings. The number of hydrogen-bond acceptors (Lipinski definition) is 7. The summed E-state index contributed by atoms with van der Waals surface area (Å²) >= 11 is 0. The molecule has 9 heteroatoms. The van der Waals surface area contributed by atoms with Gasteiger partial charge in [0.25, 0.3) is 0 Å². The van der Waals surface area contributed by atoms with E-state index in [1.807, 2.05) is 0 Å². The fourth-order valence-electron chi connectivity index (χ4n) is 2.47. The number of imidazole rings is 1. The molecule has 0 aliphatic carbocycles. The van der Waals surface area contributed by atoms with Gasteiger partial charge in [0.05, 0.1) is 19.5 Å². The zero-order valence-corrected chi connectivity index (χ0v) is 13.2. The molecule has 1 atom stereocenters. The number of nitrogens with one attached hydrogen (secondary N) is 2. The molecule has 0 unspecified atom stereocenters. The summed E-state index contributed by atoms with van der Waals surface area (Å²) in [4.78, 5) is 28.9. The first-order valence-electron chi connectivity index (χ1n) is 7.79. The first-order valence-corrected chi connectivity index (χ1v) is 7.79. The second kappa shape index (κ2) is 7.84. The molecule has 0 saturated carbocycles. The number of carboxylic acids is 1. The summed E-state index contributed by atoms with van der Waals surface area (Å²) in [6.07, 6.45) is 6.94. The van der Waals surface area contributed by atoms with Gasteiger partial charge in [-0.1, -0.05) is 0 Å². The zero-order valence-electron chi connectivity index (χ0n) is 13.2. The summed E-state index contributed by atoms with van der Waals surface area (Å²) in [6.45, 7) is 3.31.